The van der Waals surface area contributed by atoms with Gasteiger partial charge in [-0.2, -0.15) is 5.10 Å². The predicted octanol–water partition coefficient (Wildman–Crippen LogP) is 4.37. The van der Waals surface area contributed by atoms with E-state index in [0.29, 0.717) is 11.5 Å². The van der Waals surface area contributed by atoms with Gasteiger partial charge >= 0.3 is 0 Å². The predicted molar refractivity (Wildman–Crippen MR) is 118 cm³/mol. The summed E-state index contributed by atoms with van der Waals surface area (Å²) in [5, 5.41) is 7.60. The second-order valence-corrected chi connectivity index (χ2v) is 7.57. The van der Waals surface area contributed by atoms with Gasteiger partial charge in [0.2, 0.25) is 5.91 Å². The minimum absolute atomic E-state index is 0.105. The van der Waals surface area contributed by atoms with Crippen LogP contribution in [-0.2, 0) is 11.2 Å². The van der Waals surface area contributed by atoms with E-state index in [0.717, 1.165) is 33.8 Å². The molecule has 0 spiro atoms. The topological polar surface area (TPSA) is 65.4 Å². The third kappa shape index (κ3) is 4.71. The maximum absolute atomic E-state index is 13.2. The molecule has 1 N–H and O–H groups in total. The van der Waals surface area contributed by atoms with Crippen molar-refractivity contribution in [1.82, 2.24) is 15.1 Å². The molecule has 0 aliphatic heterocycles. The Labute approximate surface area is 182 Å². The van der Waals surface area contributed by atoms with Crippen LogP contribution in [0.4, 0.5) is 4.39 Å². The van der Waals surface area contributed by atoms with E-state index >= 15 is 0 Å². The number of aryl methyl sites for hydroxylation is 2. The molecule has 1 amide bonds. The van der Waals surface area contributed by atoms with Crippen molar-refractivity contribution in [2.24, 2.45) is 0 Å². The van der Waals surface area contributed by atoms with Gasteiger partial charge in [-0.05, 0) is 75.2 Å². The van der Waals surface area contributed by atoms with E-state index in [1.807, 2.05) is 39.8 Å². The van der Waals surface area contributed by atoms with Crippen LogP contribution in [0.1, 0.15) is 41.0 Å². The van der Waals surface area contributed by atoms with E-state index in [4.69, 9.17) is 9.47 Å². The number of carbonyl (C=O) groups is 1. The van der Waals surface area contributed by atoms with Crippen LogP contribution in [0.3, 0.4) is 0 Å². The lowest BCUT2D eigenvalue weighted by Crippen LogP contribution is -2.29. The number of methoxy groups -OCH3 is 2. The van der Waals surface area contributed by atoms with Gasteiger partial charge in [0, 0.05) is 11.3 Å². The zero-order valence-electron chi connectivity index (χ0n) is 18.7. The Hall–Kier alpha value is -3.35. The molecule has 1 heterocycles. The molecule has 1 aromatic heterocycles. The number of nitrogens with one attached hydrogen (secondary N) is 1. The zero-order valence-corrected chi connectivity index (χ0v) is 18.7. The van der Waals surface area contributed by atoms with Crippen LogP contribution >= 0.6 is 0 Å². The van der Waals surface area contributed by atoms with Crippen molar-refractivity contribution < 1.29 is 18.7 Å². The van der Waals surface area contributed by atoms with E-state index in [1.165, 1.54) is 12.1 Å². The highest BCUT2D eigenvalue weighted by Gasteiger charge is 2.19. The summed E-state index contributed by atoms with van der Waals surface area (Å²) in [6.45, 7) is 7.69. The molecule has 0 radical (unpaired) electrons. The maximum Gasteiger partial charge on any atom is 0.225 e. The summed E-state index contributed by atoms with van der Waals surface area (Å²) in [4.78, 5) is 12.8. The fourth-order valence-corrected chi connectivity index (χ4v) is 3.76. The highest BCUT2D eigenvalue weighted by Crippen LogP contribution is 2.33. The molecule has 0 bridgehead atoms. The van der Waals surface area contributed by atoms with Gasteiger partial charge in [-0.15, -0.1) is 0 Å². The van der Waals surface area contributed by atoms with Crippen molar-refractivity contribution in [3.8, 4) is 17.2 Å². The molecule has 6 nitrogen and oxygen atoms in total. The van der Waals surface area contributed by atoms with E-state index in [9.17, 15) is 9.18 Å². The van der Waals surface area contributed by atoms with Crippen molar-refractivity contribution in [2.75, 3.05) is 14.2 Å². The second kappa shape index (κ2) is 9.20. The number of halogens is 1. The number of hydrogen-bond acceptors (Lipinski definition) is 4. The molecule has 0 saturated heterocycles. The number of amides is 1. The van der Waals surface area contributed by atoms with Gasteiger partial charge < -0.3 is 14.8 Å². The van der Waals surface area contributed by atoms with E-state index in [-0.39, 0.29) is 24.2 Å². The Morgan fingerprint density at radius 2 is 1.71 bits per heavy atom. The van der Waals surface area contributed by atoms with Gasteiger partial charge in [0.25, 0.3) is 0 Å². The highest BCUT2D eigenvalue weighted by atomic mass is 19.1. The molecule has 2 aromatic carbocycles. The minimum Gasteiger partial charge on any atom is -0.493 e. The molecule has 0 unspecified atom stereocenters. The van der Waals surface area contributed by atoms with Crippen LogP contribution < -0.4 is 14.8 Å². The van der Waals surface area contributed by atoms with Crippen molar-refractivity contribution >= 4 is 5.91 Å². The second-order valence-electron chi connectivity index (χ2n) is 7.57. The smallest absolute Gasteiger partial charge is 0.225 e. The molecule has 164 valence electrons. The van der Waals surface area contributed by atoms with E-state index in [2.05, 4.69) is 10.4 Å². The van der Waals surface area contributed by atoms with Gasteiger partial charge in [0.05, 0.1) is 38.1 Å². The quantitative estimate of drug-likeness (QED) is 0.610. The summed E-state index contributed by atoms with van der Waals surface area (Å²) in [5.74, 6) is 0.870. The molecule has 0 aliphatic carbocycles. The van der Waals surface area contributed by atoms with Gasteiger partial charge in [0.1, 0.15) is 5.82 Å². The monoisotopic (exact) mass is 425 g/mol. The first-order chi connectivity index (χ1) is 14.7. The van der Waals surface area contributed by atoms with Crippen molar-refractivity contribution in [2.45, 2.75) is 40.2 Å². The fourth-order valence-electron chi connectivity index (χ4n) is 3.76. The van der Waals surface area contributed by atoms with Crippen LogP contribution in [0.5, 0.6) is 11.5 Å². The summed E-state index contributed by atoms with van der Waals surface area (Å²) in [5.41, 5.74) is 5.20. The first-order valence-corrected chi connectivity index (χ1v) is 10.1. The molecular formula is C24H28FN3O3. The van der Waals surface area contributed by atoms with Crippen molar-refractivity contribution in [1.29, 1.82) is 0 Å². The molecule has 31 heavy (non-hydrogen) atoms. The number of nitrogens with zero attached hydrogens (tertiary/aromatic N) is 2. The molecule has 0 aliphatic rings. The van der Waals surface area contributed by atoms with Crippen LogP contribution in [0, 0.1) is 26.6 Å². The number of hydrogen-bond donors (Lipinski definition) is 1. The van der Waals surface area contributed by atoms with Crippen LogP contribution in [0.25, 0.3) is 5.69 Å². The normalized spacial score (nSPS) is 11.8. The molecule has 0 saturated carbocycles. The van der Waals surface area contributed by atoms with Gasteiger partial charge in [-0.3, -0.25) is 4.79 Å². The number of benzene rings is 2. The Morgan fingerprint density at radius 3 is 2.32 bits per heavy atom. The number of carbonyl (C=O) groups excluding carboxylic acids is 1. The van der Waals surface area contributed by atoms with Gasteiger partial charge in [-0.25, -0.2) is 9.07 Å². The van der Waals surface area contributed by atoms with E-state index < -0.39 is 0 Å². The Morgan fingerprint density at radius 1 is 1.10 bits per heavy atom. The Bertz CT molecular complexity index is 1090. The molecule has 1 atom stereocenters. The first-order valence-electron chi connectivity index (χ1n) is 10.1. The largest absolute Gasteiger partial charge is 0.493 e. The molecule has 0 fully saturated rings. The summed E-state index contributed by atoms with van der Waals surface area (Å²) in [6.07, 6.45) is 0.204. The van der Waals surface area contributed by atoms with Crippen molar-refractivity contribution in [3.63, 3.8) is 0 Å². The minimum atomic E-state index is -0.302. The Kier molecular flexibility index (Phi) is 6.63. The lowest BCUT2D eigenvalue weighted by molar-refractivity contribution is -0.121. The molecular weight excluding hydrogens is 397 g/mol. The average Bonchev–Trinajstić information content (AvgIpc) is 3.02. The SMILES string of the molecule is COc1cc(C)c([C@@H](C)NC(=O)Cc2c(C)nn(-c3ccc(F)cc3)c2C)cc1OC. The van der Waals surface area contributed by atoms with Crippen molar-refractivity contribution in [3.05, 3.63) is 70.3 Å². The summed E-state index contributed by atoms with van der Waals surface area (Å²) in [7, 11) is 3.18. The lowest BCUT2D eigenvalue weighted by Gasteiger charge is -2.19. The number of ether oxygens (including phenoxy) is 2. The lowest BCUT2D eigenvalue weighted by atomic mass is 10.0. The third-order valence-electron chi connectivity index (χ3n) is 5.47. The first kappa shape index (κ1) is 22.3. The van der Waals surface area contributed by atoms with Crippen LogP contribution in [-0.4, -0.2) is 29.9 Å². The molecule has 7 heteroatoms. The van der Waals surface area contributed by atoms with Gasteiger partial charge in [-0.1, -0.05) is 0 Å². The Balaban J connectivity index is 1.78. The maximum atomic E-state index is 13.2. The van der Waals surface area contributed by atoms with Crippen LogP contribution in [0.15, 0.2) is 36.4 Å². The summed E-state index contributed by atoms with van der Waals surface area (Å²) < 4.78 is 25.7. The summed E-state index contributed by atoms with van der Waals surface area (Å²) in [6, 6.07) is 9.71. The van der Waals surface area contributed by atoms with Crippen LogP contribution in [0.2, 0.25) is 0 Å². The molecule has 3 rings (SSSR count). The van der Waals surface area contributed by atoms with Gasteiger partial charge in [0.15, 0.2) is 11.5 Å². The number of aromatic nitrogens is 2. The average molecular weight is 426 g/mol. The van der Waals surface area contributed by atoms with E-state index in [1.54, 1.807) is 31.0 Å². The number of rotatable bonds is 7. The zero-order chi connectivity index (χ0) is 22.7. The fraction of sp³-hybridized carbons (Fsp3) is 0.333. The third-order valence-corrected chi connectivity index (χ3v) is 5.47. The highest BCUT2D eigenvalue weighted by molar-refractivity contribution is 5.79. The summed E-state index contributed by atoms with van der Waals surface area (Å²) >= 11 is 0. The molecule has 3 aromatic rings. The standard InChI is InChI=1S/C24H28FN3O3/c1-14-11-22(30-5)23(31-6)12-20(14)15(2)26-24(29)13-21-16(3)27-28(17(21)4)19-9-7-18(25)8-10-19/h7-12,15H,13H2,1-6H3,(H,26,29)/t15-/m1/s1.